The number of carbonyl (C=O) groups is 1. The van der Waals surface area contributed by atoms with E-state index in [2.05, 4.69) is 15.8 Å². The third-order valence-corrected chi connectivity index (χ3v) is 5.10. The molecule has 2 N–H and O–H groups in total. The van der Waals surface area contributed by atoms with Crippen LogP contribution in [0.4, 0.5) is 4.79 Å². The Morgan fingerprint density at radius 3 is 2.91 bits per heavy atom. The van der Waals surface area contributed by atoms with Crippen LogP contribution in [0.2, 0.25) is 0 Å². The van der Waals surface area contributed by atoms with Crippen LogP contribution in [-0.2, 0) is 11.3 Å². The highest BCUT2D eigenvalue weighted by atomic mass is 16.5. The van der Waals surface area contributed by atoms with Crippen molar-refractivity contribution < 1.29 is 14.1 Å². The van der Waals surface area contributed by atoms with Crippen molar-refractivity contribution in [3.05, 3.63) is 17.5 Å². The van der Waals surface area contributed by atoms with E-state index in [0.29, 0.717) is 12.6 Å². The largest absolute Gasteiger partial charge is 0.378 e. The molecule has 1 spiro atoms. The van der Waals surface area contributed by atoms with Gasteiger partial charge in [-0.2, -0.15) is 0 Å². The molecule has 6 nitrogen and oxygen atoms in total. The molecule has 22 heavy (non-hydrogen) atoms. The van der Waals surface area contributed by atoms with Gasteiger partial charge in [0.1, 0.15) is 11.5 Å². The average molecular weight is 307 g/mol. The van der Waals surface area contributed by atoms with Crippen LogP contribution >= 0.6 is 0 Å². The van der Waals surface area contributed by atoms with Gasteiger partial charge in [0.25, 0.3) is 0 Å². The molecule has 2 fully saturated rings. The molecule has 6 heteroatoms. The maximum atomic E-state index is 12.1. The summed E-state index contributed by atoms with van der Waals surface area (Å²) < 4.78 is 10.9. The summed E-state index contributed by atoms with van der Waals surface area (Å²) in [5.41, 5.74) is 0.904. The maximum absolute atomic E-state index is 12.1. The van der Waals surface area contributed by atoms with Gasteiger partial charge in [-0.05, 0) is 33.1 Å². The second-order valence-corrected chi connectivity index (χ2v) is 6.43. The normalized spacial score (nSPS) is 25.9. The van der Waals surface area contributed by atoms with E-state index in [-0.39, 0.29) is 17.5 Å². The van der Waals surface area contributed by atoms with Gasteiger partial charge in [0.05, 0.1) is 12.6 Å². The highest BCUT2D eigenvalue weighted by Gasteiger charge is 2.57. The van der Waals surface area contributed by atoms with Crippen LogP contribution in [0.25, 0.3) is 0 Å². The second kappa shape index (κ2) is 6.28. The minimum absolute atomic E-state index is 0.133. The van der Waals surface area contributed by atoms with Crippen molar-refractivity contribution >= 4 is 6.03 Å². The molecule has 3 rings (SSSR count). The fourth-order valence-electron chi connectivity index (χ4n) is 3.97. The molecule has 0 aliphatic heterocycles. The first kappa shape index (κ1) is 15.3. The van der Waals surface area contributed by atoms with Crippen molar-refractivity contribution in [2.45, 2.75) is 64.6 Å². The number of urea groups is 1. The molecule has 2 saturated carbocycles. The van der Waals surface area contributed by atoms with E-state index in [1.165, 1.54) is 12.8 Å². The zero-order valence-electron chi connectivity index (χ0n) is 13.4. The zero-order valence-corrected chi connectivity index (χ0v) is 13.4. The Labute approximate surface area is 131 Å². The molecule has 0 radical (unpaired) electrons. The van der Waals surface area contributed by atoms with Gasteiger partial charge in [0.15, 0.2) is 0 Å². The van der Waals surface area contributed by atoms with Crippen LogP contribution in [-0.4, -0.2) is 29.9 Å². The Morgan fingerprint density at radius 1 is 1.50 bits per heavy atom. The lowest BCUT2D eigenvalue weighted by Gasteiger charge is -2.53. The highest BCUT2D eigenvalue weighted by molar-refractivity contribution is 5.74. The topological polar surface area (TPSA) is 76.4 Å². The van der Waals surface area contributed by atoms with Gasteiger partial charge < -0.3 is 19.9 Å². The molecule has 1 heterocycles. The lowest BCUT2D eigenvalue weighted by atomic mass is 9.60. The number of amides is 2. The number of hydrogen-bond acceptors (Lipinski definition) is 4. The number of carbonyl (C=O) groups excluding carboxylic acids is 1. The standard InChI is InChI=1S/C16H25N3O3/c1-3-21-14-9-13(16(14)6-4-5-7-16)18-15(20)17-10-12-8-11(2)22-19-12/h8,13-14H,3-7,9-10H2,1-2H3,(H2,17,18,20)/t13-,14-/m1/s1. The van der Waals surface area contributed by atoms with Gasteiger partial charge in [-0.25, -0.2) is 4.79 Å². The minimum Gasteiger partial charge on any atom is -0.378 e. The number of hydrogen-bond donors (Lipinski definition) is 2. The fraction of sp³-hybridized carbons (Fsp3) is 0.750. The molecule has 0 aromatic carbocycles. The lowest BCUT2D eigenvalue weighted by Crippen LogP contribution is -2.64. The van der Waals surface area contributed by atoms with Crippen LogP contribution in [0.1, 0.15) is 50.5 Å². The second-order valence-electron chi connectivity index (χ2n) is 6.43. The minimum atomic E-state index is -0.133. The highest BCUT2D eigenvalue weighted by Crippen LogP contribution is 2.54. The van der Waals surface area contributed by atoms with E-state index >= 15 is 0 Å². The Balaban J connectivity index is 1.51. The fourth-order valence-corrected chi connectivity index (χ4v) is 3.97. The van der Waals surface area contributed by atoms with Crippen molar-refractivity contribution in [1.29, 1.82) is 0 Å². The zero-order chi connectivity index (χ0) is 15.6. The number of nitrogens with zero attached hydrogens (tertiary/aromatic N) is 1. The molecule has 122 valence electrons. The smallest absolute Gasteiger partial charge is 0.315 e. The third-order valence-electron chi connectivity index (χ3n) is 5.10. The first-order valence-corrected chi connectivity index (χ1v) is 8.22. The molecule has 0 saturated heterocycles. The van der Waals surface area contributed by atoms with Gasteiger partial charge in [0, 0.05) is 24.1 Å². The Kier molecular flexibility index (Phi) is 4.38. The molecule has 2 aliphatic carbocycles. The summed E-state index contributed by atoms with van der Waals surface area (Å²) in [6.45, 7) is 5.01. The molecule has 1 aromatic rings. The van der Waals surface area contributed by atoms with Gasteiger partial charge in [-0.15, -0.1) is 0 Å². The molecular formula is C16H25N3O3. The molecule has 2 aliphatic rings. The summed E-state index contributed by atoms with van der Waals surface area (Å²) in [5, 5.41) is 9.85. The van der Waals surface area contributed by atoms with E-state index in [0.717, 1.165) is 37.3 Å². The Morgan fingerprint density at radius 2 is 2.27 bits per heavy atom. The molecular weight excluding hydrogens is 282 g/mol. The van der Waals surface area contributed by atoms with E-state index < -0.39 is 0 Å². The maximum Gasteiger partial charge on any atom is 0.315 e. The Bertz CT molecular complexity index is 522. The third kappa shape index (κ3) is 2.84. The number of aromatic nitrogens is 1. The average Bonchev–Trinajstić information content (AvgIpc) is 3.14. The summed E-state index contributed by atoms with van der Waals surface area (Å²) in [6.07, 6.45) is 6.02. The lowest BCUT2D eigenvalue weighted by molar-refractivity contribution is -0.126. The van der Waals surface area contributed by atoms with Crippen molar-refractivity contribution in [2.24, 2.45) is 5.41 Å². The summed E-state index contributed by atoms with van der Waals surface area (Å²) in [7, 11) is 0. The van der Waals surface area contributed by atoms with Gasteiger partial charge in [-0.3, -0.25) is 0 Å². The number of aryl methyl sites for hydroxylation is 1. The van der Waals surface area contributed by atoms with E-state index in [4.69, 9.17) is 9.26 Å². The summed E-state index contributed by atoms with van der Waals surface area (Å²) in [5.74, 6) is 0.751. The number of rotatable bonds is 5. The summed E-state index contributed by atoms with van der Waals surface area (Å²) >= 11 is 0. The van der Waals surface area contributed by atoms with Crippen molar-refractivity contribution in [3.8, 4) is 0 Å². The monoisotopic (exact) mass is 307 g/mol. The predicted octanol–water partition coefficient (Wildman–Crippen LogP) is 2.52. The van der Waals surface area contributed by atoms with Gasteiger partial charge in [-0.1, -0.05) is 18.0 Å². The number of ether oxygens (including phenoxy) is 1. The van der Waals surface area contributed by atoms with Crippen molar-refractivity contribution in [2.75, 3.05) is 6.61 Å². The molecule has 0 unspecified atom stereocenters. The quantitative estimate of drug-likeness (QED) is 0.876. The molecule has 2 atom stereocenters. The molecule has 1 aromatic heterocycles. The van der Waals surface area contributed by atoms with Crippen LogP contribution in [0.3, 0.4) is 0 Å². The summed E-state index contributed by atoms with van der Waals surface area (Å²) in [4.78, 5) is 12.1. The molecule has 2 amide bonds. The predicted molar refractivity (Wildman–Crippen MR) is 81.3 cm³/mol. The van der Waals surface area contributed by atoms with E-state index in [1.54, 1.807) is 0 Å². The first-order chi connectivity index (χ1) is 10.6. The van der Waals surface area contributed by atoms with Crippen LogP contribution in [0.15, 0.2) is 10.6 Å². The van der Waals surface area contributed by atoms with Gasteiger partial charge in [0.2, 0.25) is 0 Å². The summed E-state index contributed by atoms with van der Waals surface area (Å²) in [6, 6.07) is 1.92. The van der Waals surface area contributed by atoms with Gasteiger partial charge >= 0.3 is 6.03 Å². The van der Waals surface area contributed by atoms with Crippen LogP contribution < -0.4 is 10.6 Å². The number of nitrogens with one attached hydrogen (secondary N) is 2. The van der Waals surface area contributed by atoms with Crippen LogP contribution in [0.5, 0.6) is 0 Å². The van der Waals surface area contributed by atoms with Crippen LogP contribution in [0, 0.1) is 12.3 Å². The van der Waals surface area contributed by atoms with Crippen molar-refractivity contribution in [1.82, 2.24) is 15.8 Å². The van der Waals surface area contributed by atoms with E-state index in [1.807, 2.05) is 19.9 Å². The SMILES string of the molecule is CCO[C@@H]1C[C@@H](NC(=O)NCc2cc(C)on2)C12CCCC2. The Hall–Kier alpha value is -1.56. The first-order valence-electron chi connectivity index (χ1n) is 8.22. The van der Waals surface area contributed by atoms with E-state index in [9.17, 15) is 4.79 Å². The van der Waals surface area contributed by atoms with Crippen molar-refractivity contribution in [3.63, 3.8) is 0 Å². The molecule has 0 bridgehead atoms.